The number of nitrogens with zero attached hydrogens (tertiary/aromatic N) is 2. The number of alkyl halides is 3. The third-order valence-electron chi connectivity index (χ3n) is 5.19. The molecule has 0 heterocycles. The van der Waals surface area contributed by atoms with Crippen LogP contribution in [0.25, 0.3) is 0 Å². The van der Waals surface area contributed by atoms with Gasteiger partial charge in [-0.1, -0.05) is 63.2 Å². The molecular weight excluding hydrogens is 401 g/mol. The maximum atomic E-state index is 12.9. The second kappa shape index (κ2) is 11.5. The van der Waals surface area contributed by atoms with Gasteiger partial charge in [0, 0.05) is 31.2 Å². The summed E-state index contributed by atoms with van der Waals surface area (Å²) in [4.78, 5) is 4.42. The van der Waals surface area contributed by atoms with Gasteiger partial charge in [0.25, 0.3) is 0 Å². The molecule has 6 heteroatoms. The van der Waals surface area contributed by atoms with Gasteiger partial charge in [-0.3, -0.25) is 4.90 Å². The van der Waals surface area contributed by atoms with E-state index < -0.39 is 6.36 Å². The van der Waals surface area contributed by atoms with Crippen LogP contribution in [0.3, 0.4) is 0 Å². The molecule has 2 aromatic carbocycles. The molecule has 1 atom stereocenters. The van der Waals surface area contributed by atoms with Gasteiger partial charge in [-0.2, -0.15) is 0 Å². The second-order valence-electron chi connectivity index (χ2n) is 8.78. The smallest absolute Gasteiger partial charge is 0.405 e. The Balaban J connectivity index is 2.38. The van der Waals surface area contributed by atoms with Crippen LogP contribution >= 0.6 is 0 Å². The van der Waals surface area contributed by atoms with Crippen LogP contribution < -0.4 is 4.74 Å². The molecule has 0 amide bonds. The number of aryl methyl sites for hydroxylation is 1. The Morgan fingerprint density at radius 1 is 0.935 bits per heavy atom. The van der Waals surface area contributed by atoms with Crippen molar-refractivity contribution in [1.82, 2.24) is 9.80 Å². The van der Waals surface area contributed by atoms with Gasteiger partial charge < -0.3 is 9.64 Å². The monoisotopic (exact) mass is 436 g/mol. The summed E-state index contributed by atoms with van der Waals surface area (Å²) in [5, 5.41) is 0. The summed E-state index contributed by atoms with van der Waals surface area (Å²) in [5.74, 6) is 0.339. The minimum atomic E-state index is -4.71. The first-order valence-corrected chi connectivity index (χ1v) is 10.9. The number of para-hydroxylation sites is 1. The number of ether oxygens (including phenoxy) is 1. The van der Waals surface area contributed by atoms with E-state index in [9.17, 15) is 13.2 Å². The molecule has 0 aliphatic heterocycles. The standard InChI is InChI=1S/C25H35F3N2O/c1-6-20-10-9-11-21(15-20)16-30(23(14-19(2)3)18-29(4)5)17-22-12-7-8-13-24(22)31-25(26,27)28/h7-13,15,19,23H,6,14,16-18H2,1-5H3/t23-/m0/s1. The molecule has 0 spiro atoms. The molecule has 0 fully saturated rings. The largest absolute Gasteiger partial charge is 0.573 e. The first kappa shape index (κ1) is 25.2. The molecule has 0 aromatic heterocycles. The van der Waals surface area contributed by atoms with Gasteiger partial charge in [0.15, 0.2) is 0 Å². The van der Waals surface area contributed by atoms with E-state index in [4.69, 9.17) is 0 Å². The van der Waals surface area contributed by atoms with Crippen LogP contribution in [0.4, 0.5) is 13.2 Å². The number of rotatable bonds is 11. The Hall–Kier alpha value is -2.05. The van der Waals surface area contributed by atoms with E-state index in [-0.39, 0.29) is 11.8 Å². The van der Waals surface area contributed by atoms with Gasteiger partial charge in [-0.25, -0.2) is 0 Å². The lowest BCUT2D eigenvalue weighted by atomic mass is 9.99. The maximum Gasteiger partial charge on any atom is 0.573 e. The average molecular weight is 437 g/mol. The molecule has 2 aromatic rings. The molecule has 0 saturated heterocycles. The Morgan fingerprint density at radius 2 is 1.61 bits per heavy atom. The number of benzene rings is 2. The van der Waals surface area contributed by atoms with E-state index >= 15 is 0 Å². The molecule has 0 bridgehead atoms. The molecule has 0 N–H and O–H groups in total. The maximum absolute atomic E-state index is 12.9. The highest BCUT2D eigenvalue weighted by Crippen LogP contribution is 2.29. The van der Waals surface area contributed by atoms with Crippen LogP contribution in [-0.2, 0) is 19.5 Å². The molecule has 3 nitrogen and oxygen atoms in total. The SMILES string of the molecule is CCc1cccc(CN(Cc2ccccc2OC(F)(F)F)[C@@H](CC(C)C)CN(C)C)c1. The molecule has 0 unspecified atom stereocenters. The van der Waals surface area contributed by atoms with Crippen LogP contribution in [0.2, 0.25) is 0 Å². The Kier molecular flexibility index (Phi) is 9.38. The topological polar surface area (TPSA) is 15.7 Å². The van der Waals surface area contributed by atoms with Crippen molar-refractivity contribution in [2.45, 2.75) is 59.1 Å². The van der Waals surface area contributed by atoms with E-state index in [1.54, 1.807) is 18.2 Å². The molecule has 0 aliphatic carbocycles. The first-order valence-electron chi connectivity index (χ1n) is 10.9. The number of likely N-dealkylation sites (N-methyl/N-ethyl adjacent to an activating group) is 1. The third-order valence-corrected chi connectivity index (χ3v) is 5.19. The predicted molar refractivity (Wildman–Crippen MR) is 120 cm³/mol. The van der Waals surface area contributed by atoms with Crippen molar-refractivity contribution in [3.8, 4) is 5.75 Å². The van der Waals surface area contributed by atoms with Crippen LogP contribution in [0.5, 0.6) is 5.75 Å². The van der Waals surface area contributed by atoms with Crippen LogP contribution in [0.15, 0.2) is 48.5 Å². The quantitative estimate of drug-likeness (QED) is 0.422. The Bertz CT molecular complexity index is 795. The minimum absolute atomic E-state index is 0.129. The summed E-state index contributed by atoms with van der Waals surface area (Å²) in [5.41, 5.74) is 2.96. The fourth-order valence-electron chi connectivity index (χ4n) is 3.88. The van der Waals surface area contributed by atoms with E-state index in [1.165, 1.54) is 17.2 Å². The lowest BCUT2D eigenvalue weighted by molar-refractivity contribution is -0.275. The van der Waals surface area contributed by atoms with Crippen LogP contribution in [-0.4, -0.2) is 42.8 Å². The average Bonchev–Trinajstić information content (AvgIpc) is 2.66. The van der Waals surface area contributed by atoms with E-state index in [0.717, 1.165) is 19.4 Å². The van der Waals surface area contributed by atoms with Crippen molar-refractivity contribution in [3.63, 3.8) is 0 Å². The van der Waals surface area contributed by atoms with Gasteiger partial charge in [-0.15, -0.1) is 13.2 Å². The molecule has 172 valence electrons. The Morgan fingerprint density at radius 3 is 2.23 bits per heavy atom. The number of hydrogen-bond acceptors (Lipinski definition) is 3. The summed E-state index contributed by atoms with van der Waals surface area (Å²) in [7, 11) is 4.06. The second-order valence-corrected chi connectivity index (χ2v) is 8.78. The highest BCUT2D eigenvalue weighted by Gasteiger charge is 2.32. The molecule has 0 radical (unpaired) electrons. The van der Waals surface area contributed by atoms with Crippen molar-refractivity contribution in [1.29, 1.82) is 0 Å². The van der Waals surface area contributed by atoms with Gasteiger partial charge in [0.1, 0.15) is 5.75 Å². The van der Waals surface area contributed by atoms with Crippen LogP contribution in [0, 0.1) is 5.92 Å². The van der Waals surface area contributed by atoms with E-state index in [2.05, 4.69) is 59.6 Å². The summed E-state index contributed by atoms with van der Waals surface area (Å²) >= 11 is 0. The molecular formula is C25H35F3N2O. The number of halogens is 3. The summed E-state index contributed by atoms with van der Waals surface area (Å²) in [6.07, 6.45) is -2.81. The predicted octanol–water partition coefficient (Wildman–Crippen LogP) is 6.13. The first-order chi connectivity index (χ1) is 14.6. The summed E-state index contributed by atoms with van der Waals surface area (Å²) < 4.78 is 43.2. The lowest BCUT2D eigenvalue weighted by Crippen LogP contribution is -2.42. The van der Waals surface area contributed by atoms with Crippen molar-refractivity contribution in [3.05, 3.63) is 65.2 Å². The Labute approximate surface area is 184 Å². The zero-order valence-corrected chi connectivity index (χ0v) is 19.2. The minimum Gasteiger partial charge on any atom is -0.405 e. The van der Waals surface area contributed by atoms with Crippen molar-refractivity contribution in [2.24, 2.45) is 5.92 Å². The normalized spacial score (nSPS) is 13.3. The molecule has 31 heavy (non-hydrogen) atoms. The van der Waals surface area contributed by atoms with Crippen molar-refractivity contribution < 1.29 is 17.9 Å². The van der Waals surface area contributed by atoms with E-state index in [1.807, 2.05) is 14.1 Å². The van der Waals surface area contributed by atoms with Crippen molar-refractivity contribution in [2.75, 3.05) is 20.6 Å². The fraction of sp³-hybridized carbons (Fsp3) is 0.520. The van der Waals surface area contributed by atoms with Crippen molar-refractivity contribution >= 4 is 0 Å². The van der Waals surface area contributed by atoms with Gasteiger partial charge >= 0.3 is 6.36 Å². The summed E-state index contributed by atoms with van der Waals surface area (Å²) in [6.45, 7) is 8.36. The zero-order valence-electron chi connectivity index (χ0n) is 19.2. The fourth-order valence-corrected chi connectivity index (χ4v) is 3.88. The molecule has 0 saturated carbocycles. The highest BCUT2D eigenvalue weighted by atomic mass is 19.4. The lowest BCUT2D eigenvalue weighted by Gasteiger charge is -2.35. The van der Waals surface area contributed by atoms with Gasteiger partial charge in [-0.05, 0) is 50.0 Å². The highest BCUT2D eigenvalue weighted by molar-refractivity contribution is 5.33. The van der Waals surface area contributed by atoms with E-state index in [0.29, 0.717) is 24.6 Å². The van der Waals surface area contributed by atoms with Gasteiger partial charge in [0.05, 0.1) is 0 Å². The third kappa shape index (κ3) is 8.91. The number of hydrogen-bond donors (Lipinski definition) is 0. The summed E-state index contributed by atoms with van der Waals surface area (Å²) in [6, 6.07) is 15.1. The van der Waals surface area contributed by atoms with Crippen LogP contribution in [0.1, 0.15) is 43.9 Å². The molecule has 2 rings (SSSR count). The van der Waals surface area contributed by atoms with Gasteiger partial charge in [0.2, 0.25) is 0 Å². The molecule has 0 aliphatic rings. The zero-order chi connectivity index (χ0) is 23.0.